The second-order valence-corrected chi connectivity index (χ2v) is 1.64. The van der Waals surface area contributed by atoms with Crippen LogP contribution in [0.1, 0.15) is 13.8 Å². The zero-order valence-electron chi connectivity index (χ0n) is 7.89. The van der Waals surface area contributed by atoms with Gasteiger partial charge >= 0.3 is 19.5 Å². The number of aromatic nitrogens is 3. The van der Waals surface area contributed by atoms with Crippen LogP contribution < -0.4 is 10.2 Å². The molecule has 14 heavy (non-hydrogen) atoms. The van der Waals surface area contributed by atoms with Gasteiger partial charge in [-0.25, -0.2) is 0 Å². The SMILES string of the molecule is CC(=O)[O-].CC(=O)[O-].[Zn+2].c1c[nH]nn1. The van der Waals surface area contributed by atoms with Crippen molar-refractivity contribution < 1.29 is 39.3 Å². The maximum atomic E-state index is 8.89. The van der Waals surface area contributed by atoms with E-state index in [-0.39, 0.29) is 19.5 Å². The number of aromatic amines is 1. The van der Waals surface area contributed by atoms with E-state index in [1.54, 1.807) is 12.4 Å². The van der Waals surface area contributed by atoms with Crippen LogP contribution in [0.25, 0.3) is 0 Å². The van der Waals surface area contributed by atoms with E-state index in [1.165, 1.54) is 0 Å². The Morgan fingerprint density at radius 1 is 1.21 bits per heavy atom. The summed E-state index contributed by atoms with van der Waals surface area (Å²) in [6.45, 7) is 1.94. The van der Waals surface area contributed by atoms with Crippen LogP contribution in [0.4, 0.5) is 0 Å². The average Bonchev–Trinajstić information content (AvgIpc) is 2.35. The first-order valence-corrected chi connectivity index (χ1v) is 3.12. The van der Waals surface area contributed by atoms with Crippen molar-refractivity contribution in [3.63, 3.8) is 0 Å². The van der Waals surface area contributed by atoms with Crippen molar-refractivity contribution >= 4 is 11.9 Å². The number of nitrogens with zero attached hydrogens (tertiary/aromatic N) is 2. The van der Waals surface area contributed by atoms with Gasteiger partial charge in [-0.3, -0.25) is 5.10 Å². The first-order valence-electron chi connectivity index (χ1n) is 3.12. The Kier molecular flexibility index (Phi) is 18.8. The molecule has 0 spiro atoms. The maximum absolute atomic E-state index is 8.89. The summed E-state index contributed by atoms with van der Waals surface area (Å²) < 4.78 is 0. The molecular formula is C6H9N3O4Zn. The Morgan fingerprint density at radius 2 is 1.57 bits per heavy atom. The molecular weight excluding hydrogens is 243 g/mol. The number of H-pyrrole nitrogens is 1. The molecule has 0 aliphatic carbocycles. The molecule has 1 aromatic heterocycles. The van der Waals surface area contributed by atoms with Gasteiger partial charge in [-0.1, -0.05) is 5.21 Å². The van der Waals surface area contributed by atoms with E-state index in [4.69, 9.17) is 19.8 Å². The van der Waals surface area contributed by atoms with Crippen LogP contribution in [0.3, 0.4) is 0 Å². The third kappa shape index (κ3) is 73.5. The summed E-state index contributed by atoms with van der Waals surface area (Å²) in [6.07, 6.45) is 3.24. The quantitative estimate of drug-likeness (QED) is 0.502. The van der Waals surface area contributed by atoms with Crippen molar-refractivity contribution in [2.24, 2.45) is 0 Å². The van der Waals surface area contributed by atoms with Gasteiger partial charge in [-0.05, 0) is 13.8 Å². The van der Waals surface area contributed by atoms with Gasteiger partial charge in [-0.15, -0.1) is 5.10 Å². The molecule has 1 aromatic rings. The molecule has 0 unspecified atom stereocenters. The first kappa shape index (κ1) is 18.5. The molecule has 0 bridgehead atoms. The van der Waals surface area contributed by atoms with Gasteiger partial charge in [0.15, 0.2) is 0 Å². The van der Waals surface area contributed by atoms with Crippen molar-refractivity contribution in [1.82, 2.24) is 15.4 Å². The number of hydrogen-bond acceptors (Lipinski definition) is 6. The van der Waals surface area contributed by atoms with Crippen LogP contribution in [-0.2, 0) is 29.1 Å². The molecule has 1 rings (SSSR count). The molecule has 0 amide bonds. The van der Waals surface area contributed by atoms with Gasteiger partial charge in [0.05, 0.1) is 6.20 Å². The number of carbonyl (C=O) groups excluding carboxylic acids is 2. The molecule has 0 radical (unpaired) electrons. The monoisotopic (exact) mass is 251 g/mol. The number of carboxylic acid groups (broad SMARTS) is 2. The molecule has 74 valence electrons. The molecule has 1 heterocycles. The number of aliphatic carboxylic acids is 2. The predicted octanol–water partition coefficient (Wildman–Crippen LogP) is -2.69. The minimum atomic E-state index is -1.08. The number of carboxylic acids is 2. The van der Waals surface area contributed by atoms with Crippen LogP contribution in [0.5, 0.6) is 0 Å². The molecule has 8 heteroatoms. The molecule has 0 atom stereocenters. The first-order chi connectivity index (χ1) is 5.96. The normalized spacial score (nSPS) is 6.43. The summed E-state index contributed by atoms with van der Waals surface area (Å²) >= 11 is 0. The zero-order chi connectivity index (χ0) is 10.7. The smallest absolute Gasteiger partial charge is 0.550 e. The average molecular weight is 253 g/mol. The van der Waals surface area contributed by atoms with E-state index in [2.05, 4.69) is 15.4 Å². The van der Waals surface area contributed by atoms with Crippen molar-refractivity contribution in [2.45, 2.75) is 13.8 Å². The summed E-state index contributed by atoms with van der Waals surface area (Å²) in [6, 6.07) is 0. The van der Waals surface area contributed by atoms with E-state index in [1.807, 2.05) is 0 Å². The van der Waals surface area contributed by atoms with E-state index in [0.29, 0.717) is 0 Å². The van der Waals surface area contributed by atoms with Crippen molar-refractivity contribution in [3.8, 4) is 0 Å². The van der Waals surface area contributed by atoms with Gasteiger partial charge in [-0.2, -0.15) is 0 Å². The molecule has 0 aliphatic rings. The minimum Gasteiger partial charge on any atom is -0.550 e. The summed E-state index contributed by atoms with van der Waals surface area (Å²) in [5, 5.41) is 27.0. The molecule has 1 N–H and O–H groups in total. The predicted molar refractivity (Wildman–Crippen MR) is 37.7 cm³/mol. The maximum Gasteiger partial charge on any atom is 2.00 e. The van der Waals surface area contributed by atoms with Crippen molar-refractivity contribution in [3.05, 3.63) is 12.4 Å². The molecule has 0 saturated carbocycles. The molecule has 0 fully saturated rings. The van der Waals surface area contributed by atoms with Crippen LogP contribution in [-0.4, -0.2) is 27.3 Å². The summed E-state index contributed by atoms with van der Waals surface area (Å²) in [5.41, 5.74) is 0. The van der Waals surface area contributed by atoms with Gasteiger partial charge in [0.2, 0.25) is 0 Å². The van der Waals surface area contributed by atoms with Gasteiger partial charge < -0.3 is 19.8 Å². The van der Waals surface area contributed by atoms with Gasteiger partial charge in [0, 0.05) is 18.1 Å². The van der Waals surface area contributed by atoms with E-state index in [9.17, 15) is 0 Å². The second kappa shape index (κ2) is 14.2. The Hall–Kier alpha value is -1.30. The van der Waals surface area contributed by atoms with Crippen molar-refractivity contribution in [2.75, 3.05) is 0 Å². The second-order valence-electron chi connectivity index (χ2n) is 1.64. The Morgan fingerprint density at radius 3 is 1.64 bits per heavy atom. The fourth-order valence-electron chi connectivity index (χ4n) is 0.167. The number of hydrogen-bond donors (Lipinski definition) is 1. The Labute approximate surface area is 93.3 Å². The van der Waals surface area contributed by atoms with Crippen LogP contribution >= 0.6 is 0 Å². The number of carbonyl (C=O) groups is 2. The third-order valence-electron chi connectivity index (χ3n) is 0.331. The largest absolute Gasteiger partial charge is 2.00 e. The van der Waals surface area contributed by atoms with Crippen molar-refractivity contribution in [1.29, 1.82) is 0 Å². The van der Waals surface area contributed by atoms with Gasteiger partial charge in [0.25, 0.3) is 0 Å². The summed E-state index contributed by atoms with van der Waals surface area (Å²) in [7, 11) is 0. The minimum absolute atomic E-state index is 0. The summed E-state index contributed by atoms with van der Waals surface area (Å²) in [5.74, 6) is -2.17. The topological polar surface area (TPSA) is 122 Å². The number of rotatable bonds is 0. The molecule has 0 aliphatic heterocycles. The van der Waals surface area contributed by atoms with E-state index >= 15 is 0 Å². The fraction of sp³-hybridized carbons (Fsp3) is 0.333. The number of nitrogens with one attached hydrogen (secondary N) is 1. The zero-order valence-corrected chi connectivity index (χ0v) is 10.9. The van der Waals surface area contributed by atoms with E-state index < -0.39 is 11.9 Å². The summed E-state index contributed by atoms with van der Waals surface area (Å²) in [4.78, 5) is 17.8. The van der Waals surface area contributed by atoms with Crippen LogP contribution in [0.2, 0.25) is 0 Å². The van der Waals surface area contributed by atoms with Crippen LogP contribution in [0.15, 0.2) is 12.4 Å². The molecule has 0 saturated heterocycles. The molecule has 7 nitrogen and oxygen atoms in total. The third-order valence-corrected chi connectivity index (χ3v) is 0.331. The fourth-order valence-corrected chi connectivity index (χ4v) is 0.167. The van der Waals surface area contributed by atoms with Crippen LogP contribution in [0, 0.1) is 0 Å². The standard InChI is InChI=1S/C2H3N3.2C2H4O2.Zn/c1-2-4-5-3-1;2*1-2(3)4;/h1-2H,(H,3,4,5);2*1H3,(H,3,4);/q;;;+2/p-2. The van der Waals surface area contributed by atoms with E-state index in [0.717, 1.165) is 13.8 Å². The molecule has 0 aromatic carbocycles. The van der Waals surface area contributed by atoms with Gasteiger partial charge in [0.1, 0.15) is 0 Å². The Balaban J connectivity index is -0.000000127. The Bertz CT molecular complexity index is 190.